The number of carbonyl (C=O) groups is 1. The van der Waals surface area contributed by atoms with Gasteiger partial charge in [-0.05, 0) is 18.2 Å². The first kappa shape index (κ1) is 10.7. The number of aromatic hydroxyl groups is 1. The van der Waals surface area contributed by atoms with Gasteiger partial charge in [0.15, 0.2) is 0 Å². The van der Waals surface area contributed by atoms with Gasteiger partial charge in [0.25, 0.3) is 0 Å². The van der Waals surface area contributed by atoms with Gasteiger partial charge in [-0.1, -0.05) is 12.1 Å². The lowest BCUT2D eigenvalue weighted by molar-refractivity contribution is -0.114. The van der Waals surface area contributed by atoms with Gasteiger partial charge in [-0.25, -0.2) is 0 Å². The number of fused-ring (bicyclic) bond motifs is 1. The number of hydrogen-bond acceptors (Lipinski definition) is 3. The van der Waals surface area contributed by atoms with Crippen molar-refractivity contribution in [3.63, 3.8) is 0 Å². The molecule has 1 aliphatic carbocycles. The first-order valence-electron chi connectivity index (χ1n) is 4.81. The maximum Gasteiger partial charge on any atom is 0.221 e. The number of amides is 1. The van der Waals surface area contributed by atoms with E-state index in [2.05, 4.69) is 16.8 Å². The number of carbonyl (C=O) groups excluding carboxylic acids is 1. The van der Waals surface area contributed by atoms with Crippen LogP contribution in [0.1, 0.15) is 6.92 Å². The van der Waals surface area contributed by atoms with Crippen molar-refractivity contribution in [3.8, 4) is 16.2 Å². The normalized spacial score (nSPS) is 10.1. The minimum absolute atomic E-state index is 0.0858. The Morgan fingerprint density at radius 2 is 2.06 bits per heavy atom. The summed E-state index contributed by atoms with van der Waals surface area (Å²) in [5, 5.41) is 13.8. The van der Waals surface area contributed by atoms with Crippen LogP contribution >= 0.6 is 11.3 Å². The molecule has 0 bridgehead atoms. The van der Waals surface area contributed by atoms with Gasteiger partial charge in [0.1, 0.15) is 5.75 Å². The van der Waals surface area contributed by atoms with Crippen molar-refractivity contribution in [2.24, 2.45) is 0 Å². The van der Waals surface area contributed by atoms with Gasteiger partial charge < -0.3 is 10.4 Å². The highest BCUT2D eigenvalue weighted by Gasteiger charge is 2.12. The van der Waals surface area contributed by atoms with E-state index in [4.69, 9.17) is 5.11 Å². The van der Waals surface area contributed by atoms with Crippen LogP contribution in [0.5, 0.6) is 5.75 Å². The van der Waals surface area contributed by atoms with E-state index in [1.54, 1.807) is 18.2 Å². The SMILES string of the molecule is CC(=O)Nc1ccccc1O.c1sc2cc1-2. The molecular formula is C12H11NO2S. The van der Waals surface area contributed by atoms with E-state index in [0.29, 0.717) is 5.69 Å². The summed E-state index contributed by atoms with van der Waals surface area (Å²) in [6.07, 6.45) is 0. The average Bonchev–Trinajstić information content (AvgIpc) is 2.78. The molecule has 3 rings (SSSR count). The molecule has 0 aromatic heterocycles. The van der Waals surface area contributed by atoms with Crippen LogP contribution in [0.4, 0.5) is 5.69 Å². The fourth-order valence-electron chi connectivity index (χ4n) is 1.14. The van der Waals surface area contributed by atoms with Gasteiger partial charge >= 0.3 is 0 Å². The summed E-state index contributed by atoms with van der Waals surface area (Å²) in [6.45, 7) is 1.40. The zero-order valence-electron chi connectivity index (χ0n) is 8.73. The molecule has 3 nitrogen and oxygen atoms in total. The van der Waals surface area contributed by atoms with E-state index in [0.717, 1.165) is 0 Å². The predicted molar refractivity (Wildman–Crippen MR) is 65.7 cm³/mol. The molecule has 1 aromatic rings. The molecule has 1 aromatic carbocycles. The van der Waals surface area contributed by atoms with Crippen LogP contribution in [-0.2, 0) is 4.79 Å². The number of nitrogens with one attached hydrogen (secondary N) is 1. The fraction of sp³-hybridized carbons (Fsp3) is 0.0833. The van der Waals surface area contributed by atoms with Gasteiger partial charge in [0, 0.05) is 22.7 Å². The Morgan fingerprint density at radius 3 is 2.44 bits per heavy atom. The number of hydrogen-bond donors (Lipinski definition) is 2. The molecule has 0 atom stereocenters. The molecule has 0 saturated carbocycles. The Bertz CT molecular complexity index is 495. The molecule has 2 N–H and O–H groups in total. The Kier molecular flexibility index (Phi) is 2.92. The molecule has 0 saturated heterocycles. The summed E-state index contributed by atoms with van der Waals surface area (Å²) in [6, 6.07) is 8.78. The van der Waals surface area contributed by atoms with E-state index in [9.17, 15) is 4.79 Å². The van der Waals surface area contributed by atoms with Crippen LogP contribution in [0, 0.1) is 0 Å². The maximum absolute atomic E-state index is 10.5. The molecule has 1 amide bonds. The Hall–Kier alpha value is -1.81. The summed E-state index contributed by atoms with van der Waals surface area (Å²) in [5.41, 5.74) is 1.93. The second-order valence-electron chi connectivity index (χ2n) is 3.40. The van der Waals surface area contributed by atoms with E-state index < -0.39 is 0 Å². The van der Waals surface area contributed by atoms with E-state index in [1.807, 2.05) is 11.3 Å². The van der Waals surface area contributed by atoms with Crippen molar-refractivity contribution < 1.29 is 9.90 Å². The largest absolute Gasteiger partial charge is 0.506 e. The maximum atomic E-state index is 10.5. The van der Waals surface area contributed by atoms with Crippen molar-refractivity contribution in [3.05, 3.63) is 35.7 Å². The van der Waals surface area contributed by atoms with E-state index in [1.165, 1.54) is 23.4 Å². The summed E-state index contributed by atoms with van der Waals surface area (Å²) in [4.78, 5) is 12.0. The molecule has 0 unspecified atom stereocenters. The van der Waals surface area contributed by atoms with Crippen molar-refractivity contribution in [1.29, 1.82) is 0 Å². The molecule has 0 fully saturated rings. The summed E-state index contributed by atoms with van der Waals surface area (Å²) in [7, 11) is 0. The van der Waals surface area contributed by atoms with Crippen molar-refractivity contribution >= 4 is 22.9 Å². The third kappa shape index (κ3) is 2.61. The van der Waals surface area contributed by atoms with Gasteiger partial charge in [-0.2, -0.15) is 0 Å². The lowest BCUT2D eigenvalue weighted by Crippen LogP contribution is -2.05. The number of para-hydroxylation sites is 2. The van der Waals surface area contributed by atoms with Crippen LogP contribution in [0.15, 0.2) is 35.7 Å². The highest BCUT2D eigenvalue weighted by Crippen LogP contribution is 2.42. The summed E-state index contributed by atoms with van der Waals surface area (Å²) in [5.74, 6) is -0.103. The minimum Gasteiger partial charge on any atom is -0.506 e. The second-order valence-corrected chi connectivity index (χ2v) is 4.31. The van der Waals surface area contributed by atoms with Gasteiger partial charge in [-0.15, -0.1) is 11.3 Å². The van der Waals surface area contributed by atoms with Crippen LogP contribution in [0.2, 0.25) is 0 Å². The zero-order valence-corrected chi connectivity index (χ0v) is 9.54. The van der Waals surface area contributed by atoms with Gasteiger partial charge in [0.2, 0.25) is 5.91 Å². The molecular weight excluding hydrogens is 222 g/mol. The van der Waals surface area contributed by atoms with Gasteiger partial charge in [0.05, 0.1) is 5.69 Å². The molecule has 0 spiro atoms. The highest BCUT2D eigenvalue weighted by molar-refractivity contribution is 7.18. The topological polar surface area (TPSA) is 49.3 Å². The number of benzene rings is 1. The monoisotopic (exact) mass is 233 g/mol. The standard InChI is InChI=1S/C8H9NO2.C4H2S/c1-6(10)9-7-4-2-3-5-8(7)11;1-3-2-5-4(1)3/h2-5,11H,1H3,(H,9,10);1-2H. The number of thiophene rings is 1. The van der Waals surface area contributed by atoms with Crippen LogP contribution < -0.4 is 5.32 Å². The second kappa shape index (κ2) is 4.37. The molecule has 82 valence electrons. The number of phenols is 1. The third-order valence-corrected chi connectivity index (χ3v) is 2.99. The zero-order chi connectivity index (χ0) is 11.5. The molecule has 1 aliphatic heterocycles. The Morgan fingerprint density at radius 1 is 1.38 bits per heavy atom. The molecule has 4 heteroatoms. The van der Waals surface area contributed by atoms with E-state index >= 15 is 0 Å². The van der Waals surface area contributed by atoms with Gasteiger partial charge in [-0.3, -0.25) is 4.79 Å². The first-order chi connectivity index (χ1) is 7.66. The molecule has 2 aliphatic rings. The quantitative estimate of drug-likeness (QED) is 0.634. The first-order valence-corrected chi connectivity index (χ1v) is 5.69. The fourth-order valence-corrected chi connectivity index (χ4v) is 1.79. The van der Waals surface area contributed by atoms with Crippen molar-refractivity contribution in [2.75, 3.05) is 5.32 Å². The lowest BCUT2D eigenvalue weighted by atomic mass is 10.3. The number of anilines is 1. The van der Waals surface area contributed by atoms with Crippen molar-refractivity contribution in [1.82, 2.24) is 0 Å². The lowest BCUT2D eigenvalue weighted by Gasteiger charge is -2.02. The number of rotatable bonds is 1. The van der Waals surface area contributed by atoms with Crippen LogP contribution in [0.3, 0.4) is 0 Å². The minimum atomic E-state index is -0.188. The van der Waals surface area contributed by atoms with Crippen LogP contribution in [-0.4, -0.2) is 11.0 Å². The molecule has 16 heavy (non-hydrogen) atoms. The third-order valence-electron chi connectivity index (χ3n) is 2.02. The summed E-state index contributed by atoms with van der Waals surface area (Å²) >= 11 is 1.83. The highest BCUT2D eigenvalue weighted by atomic mass is 32.1. The predicted octanol–water partition coefficient (Wildman–Crippen LogP) is 3.08. The number of phenolic OH excluding ortho intramolecular Hbond substituents is 1. The Labute approximate surface area is 97.4 Å². The average molecular weight is 233 g/mol. The smallest absolute Gasteiger partial charge is 0.221 e. The van der Waals surface area contributed by atoms with E-state index in [-0.39, 0.29) is 11.7 Å². The van der Waals surface area contributed by atoms with Crippen molar-refractivity contribution in [2.45, 2.75) is 6.92 Å². The molecule has 1 heterocycles. The molecule has 0 radical (unpaired) electrons. The Balaban J connectivity index is 0.000000156. The van der Waals surface area contributed by atoms with Crippen LogP contribution in [0.25, 0.3) is 10.4 Å². The summed E-state index contributed by atoms with van der Waals surface area (Å²) < 4.78 is 0.